The first kappa shape index (κ1) is 20.5. The van der Waals surface area contributed by atoms with Crippen LogP contribution in [0.25, 0.3) is 0 Å². The van der Waals surface area contributed by atoms with Gasteiger partial charge in [-0.3, -0.25) is 0 Å². The van der Waals surface area contributed by atoms with Crippen LogP contribution in [0.15, 0.2) is 77.7 Å². The molecule has 28 heavy (non-hydrogen) atoms. The van der Waals surface area contributed by atoms with Gasteiger partial charge in [0.2, 0.25) is 0 Å². The van der Waals surface area contributed by atoms with Gasteiger partial charge >= 0.3 is 0 Å². The van der Waals surface area contributed by atoms with Crippen molar-refractivity contribution in [3.05, 3.63) is 94.2 Å². The molecule has 0 aliphatic heterocycles. The van der Waals surface area contributed by atoms with Crippen LogP contribution in [0.5, 0.6) is 0 Å². The van der Waals surface area contributed by atoms with Gasteiger partial charge in [-0.05, 0) is 17.7 Å². The van der Waals surface area contributed by atoms with Gasteiger partial charge in [0.25, 0.3) is 0 Å². The average Bonchev–Trinajstić information content (AvgIpc) is 3.07. The fraction of sp³-hybridized carbons (Fsp3) is 0.143. The van der Waals surface area contributed by atoms with E-state index in [9.17, 15) is 0 Å². The van der Waals surface area contributed by atoms with Gasteiger partial charge in [-0.25, -0.2) is 4.98 Å². The van der Waals surface area contributed by atoms with Gasteiger partial charge in [-0.15, -0.1) is 6.58 Å². The lowest BCUT2D eigenvalue weighted by molar-refractivity contribution is 0.132. The second kappa shape index (κ2) is 10.4. The van der Waals surface area contributed by atoms with Crippen LogP contribution in [-0.4, -0.2) is 21.5 Å². The van der Waals surface area contributed by atoms with Crippen LogP contribution in [0.4, 0.5) is 0 Å². The Morgan fingerprint density at radius 1 is 1.18 bits per heavy atom. The summed E-state index contributed by atoms with van der Waals surface area (Å²) in [7, 11) is 0. The number of hydrogen-bond acceptors (Lipinski definition) is 4. The Labute approximate surface area is 178 Å². The topological polar surface area (TPSA) is 39.4 Å². The van der Waals surface area contributed by atoms with Crippen molar-refractivity contribution in [1.29, 1.82) is 0 Å². The monoisotopic (exact) mass is 431 g/mol. The zero-order chi connectivity index (χ0) is 19.8. The minimum Gasteiger partial charge on any atom is -0.391 e. The van der Waals surface area contributed by atoms with E-state index in [1.807, 2.05) is 30.3 Å². The third-order valence-electron chi connectivity index (χ3n) is 3.86. The lowest BCUT2D eigenvalue weighted by atomic mass is 10.2. The number of hydrogen-bond donors (Lipinski definition) is 0. The number of rotatable bonds is 9. The fourth-order valence-electron chi connectivity index (χ4n) is 2.48. The van der Waals surface area contributed by atoms with Crippen molar-refractivity contribution in [2.45, 2.75) is 18.3 Å². The van der Waals surface area contributed by atoms with Crippen LogP contribution in [0.1, 0.15) is 16.8 Å². The molecule has 4 nitrogen and oxygen atoms in total. The van der Waals surface area contributed by atoms with Gasteiger partial charge in [0.1, 0.15) is 6.61 Å². The molecule has 7 heteroatoms. The van der Waals surface area contributed by atoms with Gasteiger partial charge in [0.15, 0.2) is 5.16 Å². The molecule has 144 valence electrons. The van der Waals surface area contributed by atoms with Crippen LogP contribution >= 0.6 is 35.0 Å². The summed E-state index contributed by atoms with van der Waals surface area (Å²) in [6, 6.07) is 15.5. The summed E-state index contributed by atoms with van der Waals surface area (Å²) in [5.74, 6) is 0.786. The smallest absolute Gasteiger partial charge is 0.169 e. The van der Waals surface area contributed by atoms with E-state index in [2.05, 4.69) is 33.4 Å². The van der Waals surface area contributed by atoms with Crippen molar-refractivity contribution >= 4 is 41.2 Å². The van der Waals surface area contributed by atoms with Crippen LogP contribution < -0.4 is 0 Å². The normalized spacial score (nSPS) is 11.1. The Morgan fingerprint density at radius 2 is 2.00 bits per heavy atom. The zero-order valence-corrected chi connectivity index (χ0v) is 17.4. The highest BCUT2D eigenvalue weighted by molar-refractivity contribution is 7.99. The van der Waals surface area contributed by atoms with E-state index in [1.54, 1.807) is 36.3 Å². The molecule has 0 bridgehead atoms. The summed E-state index contributed by atoms with van der Waals surface area (Å²) >= 11 is 13.7. The number of benzene rings is 2. The molecule has 0 atom stereocenters. The van der Waals surface area contributed by atoms with Crippen molar-refractivity contribution < 1.29 is 4.84 Å². The maximum atomic E-state index is 6.15. The van der Waals surface area contributed by atoms with Crippen molar-refractivity contribution in [2.24, 2.45) is 5.16 Å². The number of imidazole rings is 1. The van der Waals surface area contributed by atoms with Gasteiger partial charge in [-0.1, -0.05) is 82.6 Å². The number of aromatic nitrogens is 2. The van der Waals surface area contributed by atoms with Crippen LogP contribution in [0.2, 0.25) is 10.0 Å². The molecule has 0 saturated carbocycles. The molecular formula is C21H19Cl2N3OS. The molecule has 0 fully saturated rings. The third-order valence-corrected chi connectivity index (χ3v) is 5.43. The summed E-state index contributed by atoms with van der Waals surface area (Å²) in [5.41, 5.74) is 2.87. The van der Waals surface area contributed by atoms with Gasteiger partial charge < -0.3 is 9.40 Å². The highest BCUT2D eigenvalue weighted by Crippen LogP contribution is 2.22. The average molecular weight is 432 g/mol. The van der Waals surface area contributed by atoms with Gasteiger partial charge in [0.05, 0.1) is 24.7 Å². The quantitative estimate of drug-likeness (QED) is 0.178. The summed E-state index contributed by atoms with van der Waals surface area (Å²) in [4.78, 5) is 9.92. The second-order valence-electron chi connectivity index (χ2n) is 5.88. The summed E-state index contributed by atoms with van der Waals surface area (Å²) < 4.78 is 2.10. The molecule has 1 heterocycles. The minimum atomic E-state index is 0.261. The van der Waals surface area contributed by atoms with Crippen molar-refractivity contribution in [1.82, 2.24) is 9.55 Å². The van der Waals surface area contributed by atoms with E-state index in [-0.39, 0.29) is 6.61 Å². The Balaban J connectivity index is 1.72. The van der Waals surface area contributed by atoms with Crippen LogP contribution in [0, 0.1) is 0 Å². The van der Waals surface area contributed by atoms with E-state index in [4.69, 9.17) is 28.0 Å². The maximum absolute atomic E-state index is 6.15. The molecule has 3 rings (SSSR count). The maximum Gasteiger partial charge on any atom is 0.169 e. The molecule has 2 aromatic carbocycles. The molecular weight excluding hydrogens is 413 g/mol. The summed E-state index contributed by atoms with van der Waals surface area (Å²) in [6.45, 7) is 4.74. The van der Waals surface area contributed by atoms with Crippen molar-refractivity contribution in [2.75, 3.05) is 5.75 Å². The predicted octanol–water partition coefficient (Wildman–Crippen LogP) is 6.07. The van der Waals surface area contributed by atoms with Gasteiger partial charge in [-0.2, -0.15) is 0 Å². The molecule has 0 aliphatic rings. The fourth-order valence-corrected chi connectivity index (χ4v) is 3.67. The molecule has 0 aliphatic carbocycles. The van der Waals surface area contributed by atoms with Gasteiger partial charge in [0, 0.05) is 21.4 Å². The molecule has 1 aromatic heterocycles. The molecule has 3 aromatic rings. The molecule has 0 spiro atoms. The molecule has 0 saturated heterocycles. The Morgan fingerprint density at radius 3 is 2.75 bits per heavy atom. The molecule has 0 radical (unpaired) electrons. The Hall–Kier alpha value is -2.21. The Kier molecular flexibility index (Phi) is 7.60. The number of nitrogens with zero attached hydrogens (tertiary/aromatic N) is 3. The first-order valence-corrected chi connectivity index (χ1v) is 10.3. The van der Waals surface area contributed by atoms with E-state index in [0.717, 1.165) is 22.2 Å². The van der Waals surface area contributed by atoms with E-state index >= 15 is 0 Å². The number of halogens is 2. The highest BCUT2D eigenvalue weighted by Gasteiger charge is 2.10. The molecule has 0 amide bonds. The first-order chi connectivity index (χ1) is 13.7. The second-order valence-corrected chi connectivity index (χ2v) is 7.71. The van der Waals surface area contributed by atoms with Crippen molar-refractivity contribution in [3.8, 4) is 0 Å². The number of oxime groups is 1. The molecule has 0 N–H and O–H groups in total. The first-order valence-electron chi connectivity index (χ1n) is 8.60. The summed E-state index contributed by atoms with van der Waals surface area (Å²) in [6.07, 6.45) is 5.31. The minimum absolute atomic E-state index is 0.261. The summed E-state index contributed by atoms with van der Waals surface area (Å²) in [5, 5.41) is 6.14. The van der Waals surface area contributed by atoms with E-state index in [0.29, 0.717) is 16.6 Å². The van der Waals surface area contributed by atoms with E-state index < -0.39 is 0 Å². The van der Waals surface area contributed by atoms with E-state index in [1.165, 1.54) is 5.56 Å². The molecule has 0 unspecified atom stereocenters. The lowest BCUT2D eigenvalue weighted by Crippen LogP contribution is -2.06. The van der Waals surface area contributed by atoms with Crippen LogP contribution in [-0.2, 0) is 18.0 Å². The number of thioether (sulfide) groups is 1. The highest BCUT2D eigenvalue weighted by atomic mass is 35.5. The lowest BCUT2D eigenvalue weighted by Gasteiger charge is -2.09. The van der Waals surface area contributed by atoms with Crippen molar-refractivity contribution in [3.63, 3.8) is 0 Å². The zero-order valence-electron chi connectivity index (χ0n) is 15.1. The SMILES string of the molecule is C=CCSc1ncc(/C=N/OCc2ccc(Cl)cc2Cl)n1Cc1ccccc1. The standard InChI is InChI=1S/C21H19Cl2N3OS/c1-2-10-28-21-24-12-19(26(21)14-16-6-4-3-5-7-16)13-25-27-15-17-8-9-18(22)11-20(17)23/h2-9,11-13H,1,10,14-15H2/b25-13+. The largest absolute Gasteiger partial charge is 0.391 e. The van der Waals surface area contributed by atoms with Crippen LogP contribution in [0.3, 0.4) is 0 Å². The third kappa shape index (κ3) is 5.64. The predicted molar refractivity (Wildman–Crippen MR) is 118 cm³/mol. The Bertz CT molecular complexity index is 958.